The smallest absolute Gasteiger partial charge is 0.219 e. The zero-order valence-corrected chi connectivity index (χ0v) is 19.9. The normalized spacial score (nSPS) is 16.6. The number of halogens is 1. The number of carbonyl (C=O) groups is 1. The third-order valence-corrected chi connectivity index (χ3v) is 7.16. The fraction of sp³-hybridized carbons (Fsp3) is 0.385. The first-order valence-electron chi connectivity index (χ1n) is 12.0. The molecular formula is C26H27FN6O2. The Morgan fingerprint density at radius 2 is 2.03 bits per heavy atom. The fourth-order valence-electron chi connectivity index (χ4n) is 5.29. The lowest BCUT2D eigenvalue weighted by Gasteiger charge is -2.29. The number of nitrogens with zero attached hydrogens (tertiary/aromatic N) is 6. The molecule has 2 aliphatic rings. The topological polar surface area (TPSA) is 78.1 Å². The van der Waals surface area contributed by atoms with E-state index in [0.717, 1.165) is 40.7 Å². The lowest BCUT2D eigenvalue weighted by Crippen LogP contribution is -2.35. The molecule has 0 radical (unpaired) electrons. The zero-order chi connectivity index (χ0) is 24.1. The van der Waals surface area contributed by atoms with Crippen molar-refractivity contribution < 1.29 is 13.9 Å². The van der Waals surface area contributed by atoms with Crippen LogP contribution in [0.2, 0.25) is 0 Å². The Bertz CT molecular complexity index is 1440. The number of benzene rings is 1. The summed E-state index contributed by atoms with van der Waals surface area (Å²) in [6, 6.07) is 5.44. The van der Waals surface area contributed by atoms with Crippen molar-refractivity contribution in [2.75, 3.05) is 19.8 Å². The van der Waals surface area contributed by atoms with Gasteiger partial charge >= 0.3 is 0 Å². The van der Waals surface area contributed by atoms with E-state index in [9.17, 15) is 4.79 Å². The zero-order valence-electron chi connectivity index (χ0n) is 19.9. The van der Waals surface area contributed by atoms with Gasteiger partial charge in [0.15, 0.2) is 0 Å². The second kappa shape index (κ2) is 8.57. The highest BCUT2D eigenvalue weighted by Crippen LogP contribution is 2.38. The SMILES string of the molecule is CC(=O)N1CCc2c(c(-c3c(F)ccc4cc(-c5cnn(C)c5)ncc34)nn2C2CCOCC2)C1. The van der Waals surface area contributed by atoms with Gasteiger partial charge in [0.2, 0.25) is 5.91 Å². The van der Waals surface area contributed by atoms with Crippen LogP contribution in [0.3, 0.4) is 0 Å². The molecule has 3 aromatic heterocycles. The summed E-state index contributed by atoms with van der Waals surface area (Å²) < 4.78 is 24.9. The van der Waals surface area contributed by atoms with E-state index in [1.165, 1.54) is 6.07 Å². The second-order valence-electron chi connectivity index (χ2n) is 9.37. The van der Waals surface area contributed by atoms with Crippen LogP contribution in [-0.4, -0.2) is 55.1 Å². The second-order valence-corrected chi connectivity index (χ2v) is 9.37. The van der Waals surface area contributed by atoms with Gasteiger partial charge in [-0.1, -0.05) is 6.07 Å². The van der Waals surface area contributed by atoms with E-state index in [0.29, 0.717) is 49.4 Å². The Hall–Kier alpha value is -3.59. The van der Waals surface area contributed by atoms with Crippen LogP contribution in [0.25, 0.3) is 33.3 Å². The number of amides is 1. The minimum absolute atomic E-state index is 0.0154. The minimum atomic E-state index is -0.340. The Morgan fingerprint density at radius 3 is 2.77 bits per heavy atom. The number of pyridine rings is 1. The molecule has 1 aromatic carbocycles. The maximum atomic E-state index is 15.5. The molecule has 180 valence electrons. The molecule has 5 heterocycles. The molecule has 9 heteroatoms. The summed E-state index contributed by atoms with van der Waals surface area (Å²) in [5.74, 6) is -0.325. The number of aryl methyl sites for hydroxylation is 1. The van der Waals surface area contributed by atoms with Crippen molar-refractivity contribution in [1.29, 1.82) is 0 Å². The van der Waals surface area contributed by atoms with Crippen LogP contribution in [0.4, 0.5) is 4.39 Å². The molecule has 0 N–H and O–H groups in total. The molecule has 0 aliphatic carbocycles. The lowest BCUT2D eigenvalue weighted by molar-refractivity contribution is -0.129. The van der Waals surface area contributed by atoms with E-state index in [-0.39, 0.29) is 17.8 Å². The van der Waals surface area contributed by atoms with Gasteiger partial charge in [-0.25, -0.2) is 4.39 Å². The first-order chi connectivity index (χ1) is 17.0. The molecule has 8 nitrogen and oxygen atoms in total. The van der Waals surface area contributed by atoms with Gasteiger partial charge in [-0.15, -0.1) is 0 Å². The molecule has 2 aliphatic heterocycles. The van der Waals surface area contributed by atoms with Crippen molar-refractivity contribution in [2.24, 2.45) is 7.05 Å². The van der Waals surface area contributed by atoms with E-state index in [2.05, 4.69) is 14.8 Å². The van der Waals surface area contributed by atoms with Gasteiger partial charge in [0.05, 0.1) is 17.9 Å². The third kappa shape index (κ3) is 3.80. The van der Waals surface area contributed by atoms with Crippen LogP contribution in [0.1, 0.15) is 37.1 Å². The summed E-state index contributed by atoms with van der Waals surface area (Å²) in [6.45, 7) is 4.04. The Morgan fingerprint density at radius 1 is 1.20 bits per heavy atom. The summed E-state index contributed by atoms with van der Waals surface area (Å²) in [5.41, 5.74) is 4.76. The van der Waals surface area contributed by atoms with Crippen molar-refractivity contribution >= 4 is 16.7 Å². The third-order valence-electron chi connectivity index (χ3n) is 7.16. The van der Waals surface area contributed by atoms with Crippen LogP contribution in [0.5, 0.6) is 0 Å². The molecule has 0 unspecified atom stereocenters. The maximum absolute atomic E-state index is 15.5. The Balaban J connectivity index is 1.52. The van der Waals surface area contributed by atoms with Crippen LogP contribution in [0, 0.1) is 5.82 Å². The Kier molecular flexibility index (Phi) is 5.36. The fourth-order valence-corrected chi connectivity index (χ4v) is 5.29. The molecule has 0 atom stereocenters. The summed E-state index contributed by atoms with van der Waals surface area (Å²) in [5, 5.41) is 10.8. The van der Waals surface area contributed by atoms with Crippen molar-refractivity contribution in [3.8, 4) is 22.5 Å². The highest BCUT2D eigenvalue weighted by atomic mass is 19.1. The molecule has 0 spiro atoms. The Labute approximate surface area is 202 Å². The maximum Gasteiger partial charge on any atom is 0.219 e. The number of rotatable bonds is 3. The summed E-state index contributed by atoms with van der Waals surface area (Å²) in [6.07, 6.45) is 7.84. The van der Waals surface area contributed by atoms with Crippen LogP contribution < -0.4 is 0 Å². The minimum Gasteiger partial charge on any atom is -0.381 e. The largest absolute Gasteiger partial charge is 0.381 e. The summed E-state index contributed by atoms with van der Waals surface area (Å²) >= 11 is 0. The van der Waals surface area contributed by atoms with Gasteiger partial charge in [0, 0.05) is 86.9 Å². The number of carbonyl (C=O) groups excluding carboxylic acids is 1. The standard InChI is InChI=1S/C26H27FN6O2/c1-16(34)32-8-5-24-21(15-32)26(30-33(24)19-6-9-35-10-7-19)25-20-13-28-23(18-12-29-31(2)14-18)11-17(20)3-4-22(25)27/h3-4,11-14,19H,5-10,15H2,1-2H3. The molecule has 1 fully saturated rings. The van der Waals surface area contributed by atoms with Crippen LogP contribution in [-0.2, 0) is 29.5 Å². The van der Waals surface area contributed by atoms with Gasteiger partial charge in [-0.2, -0.15) is 10.2 Å². The van der Waals surface area contributed by atoms with E-state index >= 15 is 4.39 Å². The quantitative estimate of drug-likeness (QED) is 0.450. The number of aromatic nitrogens is 5. The molecule has 35 heavy (non-hydrogen) atoms. The predicted molar refractivity (Wildman–Crippen MR) is 129 cm³/mol. The monoisotopic (exact) mass is 474 g/mol. The van der Waals surface area contributed by atoms with Crippen molar-refractivity contribution in [2.45, 2.75) is 38.8 Å². The summed E-state index contributed by atoms with van der Waals surface area (Å²) in [7, 11) is 1.86. The van der Waals surface area contributed by atoms with E-state index in [1.54, 1.807) is 30.1 Å². The number of hydrogen-bond acceptors (Lipinski definition) is 5. The molecule has 1 amide bonds. The van der Waals surface area contributed by atoms with Gasteiger partial charge in [0.1, 0.15) is 11.5 Å². The first kappa shape index (κ1) is 21.9. The van der Waals surface area contributed by atoms with E-state index < -0.39 is 0 Å². The molecular weight excluding hydrogens is 447 g/mol. The van der Waals surface area contributed by atoms with E-state index in [4.69, 9.17) is 9.84 Å². The van der Waals surface area contributed by atoms with Crippen LogP contribution >= 0.6 is 0 Å². The molecule has 0 saturated carbocycles. The highest BCUT2D eigenvalue weighted by molar-refractivity contribution is 5.97. The van der Waals surface area contributed by atoms with Gasteiger partial charge in [-0.3, -0.25) is 19.1 Å². The highest BCUT2D eigenvalue weighted by Gasteiger charge is 2.31. The number of hydrogen-bond donors (Lipinski definition) is 0. The van der Waals surface area contributed by atoms with Crippen molar-refractivity contribution in [3.63, 3.8) is 0 Å². The van der Waals surface area contributed by atoms with Gasteiger partial charge < -0.3 is 9.64 Å². The summed E-state index contributed by atoms with van der Waals surface area (Å²) in [4.78, 5) is 18.7. The van der Waals surface area contributed by atoms with Crippen molar-refractivity contribution in [3.05, 3.63) is 53.9 Å². The van der Waals surface area contributed by atoms with Crippen molar-refractivity contribution in [1.82, 2.24) is 29.4 Å². The average Bonchev–Trinajstić information content (AvgIpc) is 3.48. The predicted octanol–water partition coefficient (Wildman–Crippen LogP) is 3.89. The van der Waals surface area contributed by atoms with Crippen LogP contribution in [0.15, 0.2) is 36.8 Å². The number of fused-ring (bicyclic) bond motifs is 2. The number of ether oxygens (including phenoxy) is 1. The average molecular weight is 475 g/mol. The molecule has 4 aromatic rings. The molecule has 0 bridgehead atoms. The first-order valence-corrected chi connectivity index (χ1v) is 12.0. The molecule has 1 saturated heterocycles. The van der Waals surface area contributed by atoms with Gasteiger partial charge in [-0.05, 0) is 30.4 Å². The lowest BCUT2D eigenvalue weighted by atomic mass is 9.96. The van der Waals surface area contributed by atoms with Gasteiger partial charge in [0.25, 0.3) is 0 Å². The molecule has 6 rings (SSSR count). The van der Waals surface area contributed by atoms with E-state index in [1.807, 2.05) is 24.2 Å².